The SMILES string of the molecule is Cc1cc(-c2ccccc2)ccc1-c1cccc(OC#N)c1OC#N. The highest BCUT2D eigenvalue weighted by Crippen LogP contribution is 2.40. The number of aryl methyl sites for hydroxylation is 1. The van der Waals surface area contributed by atoms with Gasteiger partial charge in [-0.2, -0.15) is 0 Å². The summed E-state index contributed by atoms with van der Waals surface area (Å²) in [6.07, 6.45) is 3.28. The van der Waals surface area contributed by atoms with Gasteiger partial charge in [0.05, 0.1) is 0 Å². The second-order valence-electron chi connectivity index (χ2n) is 5.42. The fourth-order valence-corrected chi connectivity index (χ4v) is 2.78. The van der Waals surface area contributed by atoms with E-state index in [9.17, 15) is 0 Å². The van der Waals surface area contributed by atoms with Crippen LogP contribution in [-0.4, -0.2) is 0 Å². The van der Waals surface area contributed by atoms with Crippen LogP contribution in [0.5, 0.6) is 11.5 Å². The van der Waals surface area contributed by atoms with Gasteiger partial charge in [-0.1, -0.05) is 60.7 Å². The molecular weight excluding hydrogens is 312 g/mol. The zero-order valence-corrected chi connectivity index (χ0v) is 13.6. The second-order valence-corrected chi connectivity index (χ2v) is 5.42. The Morgan fingerprint density at radius 1 is 0.720 bits per heavy atom. The standard InChI is InChI=1S/C21H14N2O2/c1-15-12-17(16-6-3-2-4-7-16)10-11-18(15)19-8-5-9-20(24-13-22)21(19)25-14-23/h2-12H,1H3. The van der Waals surface area contributed by atoms with E-state index in [1.165, 1.54) is 0 Å². The molecule has 3 aromatic carbocycles. The normalized spacial score (nSPS) is 9.72. The van der Waals surface area contributed by atoms with Gasteiger partial charge in [0.25, 0.3) is 12.5 Å². The summed E-state index contributed by atoms with van der Waals surface area (Å²) < 4.78 is 9.99. The summed E-state index contributed by atoms with van der Waals surface area (Å²) in [5.74, 6) is 0.454. The maximum absolute atomic E-state index is 8.94. The largest absolute Gasteiger partial charge is 0.384 e. The molecule has 0 amide bonds. The van der Waals surface area contributed by atoms with Crippen LogP contribution in [0.4, 0.5) is 0 Å². The van der Waals surface area contributed by atoms with Gasteiger partial charge in [-0.15, -0.1) is 10.5 Å². The number of ether oxygens (including phenoxy) is 2. The molecule has 120 valence electrons. The first kappa shape index (κ1) is 16.1. The molecule has 0 saturated heterocycles. The fourth-order valence-electron chi connectivity index (χ4n) is 2.78. The van der Waals surface area contributed by atoms with E-state index >= 15 is 0 Å². The first-order valence-electron chi connectivity index (χ1n) is 7.66. The summed E-state index contributed by atoms with van der Waals surface area (Å²) in [7, 11) is 0. The van der Waals surface area contributed by atoms with Gasteiger partial charge in [-0.05, 0) is 35.2 Å². The molecule has 0 aliphatic rings. The average molecular weight is 326 g/mol. The fraction of sp³-hybridized carbons (Fsp3) is 0.0476. The number of nitrogens with zero attached hydrogens (tertiary/aromatic N) is 2. The Kier molecular flexibility index (Phi) is 4.65. The third kappa shape index (κ3) is 3.29. The molecule has 0 aromatic heterocycles. The van der Waals surface area contributed by atoms with Gasteiger partial charge in [0.2, 0.25) is 0 Å². The van der Waals surface area contributed by atoms with Crippen molar-refractivity contribution in [3.63, 3.8) is 0 Å². The van der Waals surface area contributed by atoms with E-state index in [1.807, 2.05) is 43.3 Å². The van der Waals surface area contributed by atoms with Gasteiger partial charge in [0.15, 0.2) is 11.5 Å². The van der Waals surface area contributed by atoms with Crippen molar-refractivity contribution in [2.75, 3.05) is 0 Å². The number of para-hydroxylation sites is 1. The first-order chi connectivity index (χ1) is 12.2. The Hall–Kier alpha value is -3.76. The van der Waals surface area contributed by atoms with Crippen LogP contribution in [0.15, 0.2) is 66.7 Å². The molecular formula is C21H14N2O2. The molecule has 4 nitrogen and oxygen atoms in total. The van der Waals surface area contributed by atoms with E-state index in [1.54, 1.807) is 24.6 Å². The molecule has 3 aromatic rings. The molecule has 0 saturated carbocycles. The maximum atomic E-state index is 8.94. The maximum Gasteiger partial charge on any atom is 0.292 e. The van der Waals surface area contributed by atoms with E-state index < -0.39 is 0 Å². The molecule has 0 aliphatic carbocycles. The van der Waals surface area contributed by atoms with Crippen molar-refractivity contribution in [3.05, 3.63) is 72.3 Å². The molecule has 0 spiro atoms. The molecule has 25 heavy (non-hydrogen) atoms. The molecule has 0 aliphatic heterocycles. The van der Waals surface area contributed by atoms with Crippen LogP contribution in [0.3, 0.4) is 0 Å². The summed E-state index contributed by atoms with van der Waals surface area (Å²) in [6.45, 7) is 2.00. The van der Waals surface area contributed by atoms with Crippen LogP contribution < -0.4 is 9.47 Å². The van der Waals surface area contributed by atoms with Crippen molar-refractivity contribution in [1.82, 2.24) is 0 Å². The minimum Gasteiger partial charge on any atom is -0.384 e. The molecule has 0 fully saturated rings. The quantitative estimate of drug-likeness (QED) is 0.629. The van der Waals surface area contributed by atoms with Gasteiger partial charge in [-0.3, -0.25) is 0 Å². The lowest BCUT2D eigenvalue weighted by Crippen LogP contribution is -1.94. The Morgan fingerprint density at radius 2 is 1.48 bits per heavy atom. The number of hydrogen-bond donors (Lipinski definition) is 0. The minimum atomic E-state index is 0.216. The molecule has 0 heterocycles. The van der Waals surface area contributed by atoms with Gasteiger partial charge in [0, 0.05) is 5.56 Å². The molecule has 0 radical (unpaired) electrons. The van der Waals surface area contributed by atoms with Crippen molar-refractivity contribution in [3.8, 4) is 46.3 Å². The van der Waals surface area contributed by atoms with E-state index in [0.717, 1.165) is 22.3 Å². The average Bonchev–Trinajstić information content (AvgIpc) is 2.64. The zero-order chi connectivity index (χ0) is 17.6. The van der Waals surface area contributed by atoms with E-state index in [4.69, 9.17) is 20.0 Å². The lowest BCUT2D eigenvalue weighted by Gasteiger charge is -2.13. The molecule has 0 atom stereocenters. The van der Waals surface area contributed by atoms with E-state index in [2.05, 4.69) is 18.2 Å². The highest BCUT2D eigenvalue weighted by molar-refractivity contribution is 5.79. The smallest absolute Gasteiger partial charge is 0.292 e. The van der Waals surface area contributed by atoms with E-state index in [0.29, 0.717) is 5.56 Å². The molecule has 0 N–H and O–H groups in total. The second kappa shape index (κ2) is 7.21. The molecule has 0 bridgehead atoms. The summed E-state index contributed by atoms with van der Waals surface area (Å²) >= 11 is 0. The first-order valence-corrected chi connectivity index (χ1v) is 7.66. The van der Waals surface area contributed by atoms with Crippen LogP contribution in [0.25, 0.3) is 22.3 Å². The number of benzene rings is 3. The van der Waals surface area contributed by atoms with Crippen LogP contribution in [-0.2, 0) is 0 Å². The van der Waals surface area contributed by atoms with E-state index in [-0.39, 0.29) is 11.5 Å². The van der Waals surface area contributed by atoms with Crippen LogP contribution >= 0.6 is 0 Å². The molecule has 4 heteroatoms. The van der Waals surface area contributed by atoms with Crippen molar-refractivity contribution >= 4 is 0 Å². The highest BCUT2D eigenvalue weighted by Gasteiger charge is 2.15. The van der Waals surface area contributed by atoms with Crippen LogP contribution in [0.2, 0.25) is 0 Å². The number of hydrogen-bond acceptors (Lipinski definition) is 4. The molecule has 3 rings (SSSR count). The summed E-state index contributed by atoms with van der Waals surface area (Å²) in [6, 6.07) is 21.4. The van der Waals surface area contributed by atoms with Crippen molar-refractivity contribution in [1.29, 1.82) is 10.5 Å². The Morgan fingerprint density at radius 3 is 2.16 bits per heavy atom. The Bertz CT molecular complexity index is 983. The van der Waals surface area contributed by atoms with Gasteiger partial charge in [0.1, 0.15) is 0 Å². The lowest BCUT2D eigenvalue weighted by molar-refractivity contribution is 0.442. The van der Waals surface area contributed by atoms with Crippen LogP contribution in [0, 0.1) is 30.0 Å². The summed E-state index contributed by atoms with van der Waals surface area (Å²) in [4.78, 5) is 0. The number of nitriles is 2. The van der Waals surface area contributed by atoms with Crippen molar-refractivity contribution in [2.24, 2.45) is 0 Å². The topological polar surface area (TPSA) is 66.0 Å². The Labute approximate surface area is 146 Å². The predicted octanol–water partition coefficient (Wildman–Crippen LogP) is 5.05. The summed E-state index contributed by atoms with van der Waals surface area (Å²) in [5, 5.41) is 17.7. The highest BCUT2D eigenvalue weighted by atomic mass is 16.5. The third-order valence-electron chi connectivity index (χ3n) is 3.91. The third-order valence-corrected chi connectivity index (χ3v) is 3.91. The minimum absolute atomic E-state index is 0.216. The van der Waals surface area contributed by atoms with Gasteiger partial charge in [-0.25, -0.2) is 0 Å². The van der Waals surface area contributed by atoms with Gasteiger partial charge >= 0.3 is 0 Å². The zero-order valence-electron chi connectivity index (χ0n) is 13.6. The Balaban J connectivity index is 2.10. The predicted molar refractivity (Wildman–Crippen MR) is 94.5 cm³/mol. The van der Waals surface area contributed by atoms with Crippen LogP contribution in [0.1, 0.15) is 5.56 Å². The van der Waals surface area contributed by atoms with Gasteiger partial charge < -0.3 is 9.47 Å². The van der Waals surface area contributed by atoms with Crippen molar-refractivity contribution in [2.45, 2.75) is 6.92 Å². The van der Waals surface area contributed by atoms with Crippen molar-refractivity contribution < 1.29 is 9.47 Å². The summed E-state index contributed by atoms with van der Waals surface area (Å²) in [5.41, 5.74) is 4.87. The lowest BCUT2D eigenvalue weighted by atomic mass is 9.95. The molecule has 0 unspecified atom stereocenters. The monoisotopic (exact) mass is 326 g/mol. The number of rotatable bonds is 4.